The molecule has 0 saturated carbocycles. The molecular weight excluding hydrogens is 254 g/mol. The van der Waals surface area contributed by atoms with E-state index in [4.69, 9.17) is 14.7 Å². The number of ether oxygens (including phenoxy) is 2. The van der Waals surface area contributed by atoms with Gasteiger partial charge in [0.2, 0.25) is 0 Å². The Hall–Kier alpha value is -2.80. The van der Waals surface area contributed by atoms with Crippen molar-refractivity contribution in [3.8, 4) is 17.6 Å². The van der Waals surface area contributed by atoms with E-state index in [0.29, 0.717) is 17.1 Å². The van der Waals surface area contributed by atoms with Crippen molar-refractivity contribution in [3.05, 3.63) is 59.7 Å². The van der Waals surface area contributed by atoms with Gasteiger partial charge in [0.05, 0.1) is 5.56 Å². The predicted octanol–water partition coefficient (Wildman–Crippen LogP) is 3.41. The molecule has 2 aromatic carbocycles. The third kappa shape index (κ3) is 3.59. The highest BCUT2D eigenvalue weighted by molar-refractivity contribution is 5.65. The van der Waals surface area contributed by atoms with Crippen molar-refractivity contribution in [1.82, 2.24) is 0 Å². The van der Waals surface area contributed by atoms with E-state index in [1.807, 2.05) is 12.1 Å². The molecule has 0 radical (unpaired) electrons. The van der Waals surface area contributed by atoms with Crippen LogP contribution < -0.4 is 4.74 Å². The van der Waals surface area contributed by atoms with Crippen LogP contribution in [0.5, 0.6) is 11.5 Å². The van der Waals surface area contributed by atoms with Crippen LogP contribution in [0.3, 0.4) is 0 Å². The van der Waals surface area contributed by atoms with E-state index in [1.165, 1.54) is 6.92 Å². The van der Waals surface area contributed by atoms with E-state index < -0.39 is 0 Å². The second-order valence-corrected chi connectivity index (χ2v) is 4.14. The summed E-state index contributed by atoms with van der Waals surface area (Å²) in [6.07, 6.45) is 0. The van der Waals surface area contributed by atoms with Gasteiger partial charge in [-0.05, 0) is 29.8 Å². The maximum absolute atomic E-state index is 10.8. The molecule has 0 atom stereocenters. The van der Waals surface area contributed by atoms with Gasteiger partial charge in [-0.2, -0.15) is 5.26 Å². The fourth-order valence-electron chi connectivity index (χ4n) is 1.66. The molecule has 0 unspecified atom stereocenters. The first-order valence-electron chi connectivity index (χ1n) is 6.08. The van der Waals surface area contributed by atoms with Gasteiger partial charge in [0, 0.05) is 6.92 Å². The zero-order valence-corrected chi connectivity index (χ0v) is 11.0. The van der Waals surface area contributed by atoms with Crippen molar-refractivity contribution in [2.75, 3.05) is 0 Å². The Bertz CT molecular complexity index is 659. The minimum Gasteiger partial charge on any atom is -0.461 e. The van der Waals surface area contributed by atoms with Crippen molar-refractivity contribution in [3.63, 3.8) is 0 Å². The van der Waals surface area contributed by atoms with Gasteiger partial charge in [-0.1, -0.05) is 24.3 Å². The Balaban J connectivity index is 2.15. The summed E-state index contributed by atoms with van der Waals surface area (Å²) in [4.78, 5) is 10.8. The van der Waals surface area contributed by atoms with Crippen LogP contribution in [0.1, 0.15) is 18.1 Å². The smallest absolute Gasteiger partial charge is 0.302 e. The third-order valence-electron chi connectivity index (χ3n) is 2.58. The van der Waals surface area contributed by atoms with Gasteiger partial charge < -0.3 is 9.47 Å². The molecule has 2 aromatic rings. The van der Waals surface area contributed by atoms with Crippen LogP contribution in [-0.2, 0) is 16.1 Å². The van der Waals surface area contributed by atoms with Crippen molar-refractivity contribution in [1.29, 1.82) is 5.26 Å². The van der Waals surface area contributed by atoms with E-state index in [2.05, 4.69) is 6.07 Å². The molecule has 0 aromatic heterocycles. The number of carbonyl (C=O) groups is 1. The molecule has 4 heteroatoms. The first-order valence-corrected chi connectivity index (χ1v) is 6.08. The third-order valence-corrected chi connectivity index (χ3v) is 2.58. The number of para-hydroxylation sites is 1. The highest BCUT2D eigenvalue weighted by Crippen LogP contribution is 2.25. The summed E-state index contributed by atoms with van der Waals surface area (Å²) in [7, 11) is 0. The van der Waals surface area contributed by atoms with Gasteiger partial charge in [0.1, 0.15) is 24.2 Å². The molecule has 0 amide bonds. The molecule has 0 aliphatic rings. The first kappa shape index (κ1) is 13.6. The molecule has 20 heavy (non-hydrogen) atoms. The number of carbonyl (C=O) groups excluding carboxylic acids is 1. The van der Waals surface area contributed by atoms with Gasteiger partial charge in [-0.15, -0.1) is 0 Å². The van der Waals surface area contributed by atoms with Crippen LogP contribution >= 0.6 is 0 Å². The lowest BCUT2D eigenvalue weighted by atomic mass is 10.2. The van der Waals surface area contributed by atoms with E-state index >= 15 is 0 Å². The predicted molar refractivity (Wildman–Crippen MR) is 73.1 cm³/mol. The Morgan fingerprint density at radius 3 is 2.75 bits per heavy atom. The van der Waals surface area contributed by atoms with Gasteiger partial charge in [-0.25, -0.2) is 0 Å². The minimum atomic E-state index is -0.328. The molecule has 0 fully saturated rings. The maximum atomic E-state index is 10.8. The minimum absolute atomic E-state index is 0.201. The number of nitrogens with zero attached hydrogens (tertiary/aromatic N) is 1. The molecule has 0 spiro atoms. The van der Waals surface area contributed by atoms with Crippen molar-refractivity contribution in [2.24, 2.45) is 0 Å². The van der Waals surface area contributed by atoms with Crippen LogP contribution in [0.25, 0.3) is 0 Å². The van der Waals surface area contributed by atoms with Crippen molar-refractivity contribution < 1.29 is 14.3 Å². The molecule has 0 heterocycles. The van der Waals surface area contributed by atoms with Crippen molar-refractivity contribution in [2.45, 2.75) is 13.5 Å². The highest BCUT2D eigenvalue weighted by Gasteiger charge is 2.04. The average Bonchev–Trinajstić information content (AvgIpc) is 2.46. The summed E-state index contributed by atoms with van der Waals surface area (Å²) in [5.41, 5.74) is 1.30. The van der Waals surface area contributed by atoms with Crippen LogP contribution in [0.4, 0.5) is 0 Å². The maximum Gasteiger partial charge on any atom is 0.302 e. The van der Waals surface area contributed by atoms with Crippen LogP contribution in [0, 0.1) is 11.3 Å². The fourth-order valence-corrected chi connectivity index (χ4v) is 1.66. The fraction of sp³-hybridized carbons (Fsp3) is 0.125. The lowest BCUT2D eigenvalue weighted by Gasteiger charge is -2.09. The van der Waals surface area contributed by atoms with Gasteiger partial charge in [-0.3, -0.25) is 4.79 Å². The molecule has 0 saturated heterocycles. The summed E-state index contributed by atoms with van der Waals surface area (Å²) in [5.74, 6) is 0.767. The highest BCUT2D eigenvalue weighted by atomic mass is 16.5. The lowest BCUT2D eigenvalue weighted by molar-refractivity contribution is -0.142. The molecule has 0 bridgehead atoms. The van der Waals surface area contributed by atoms with Crippen LogP contribution in [-0.4, -0.2) is 5.97 Å². The van der Waals surface area contributed by atoms with Gasteiger partial charge >= 0.3 is 5.97 Å². The van der Waals surface area contributed by atoms with E-state index in [1.54, 1.807) is 36.4 Å². The Labute approximate surface area is 117 Å². The number of hydrogen-bond donors (Lipinski definition) is 0. The Morgan fingerprint density at radius 1 is 1.20 bits per heavy atom. The Kier molecular flexibility index (Phi) is 4.35. The van der Waals surface area contributed by atoms with E-state index in [-0.39, 0.29) is 12.6 Å². The standard InChI is InChI=1S/C16H13NO3/c1-12(18)19-11-13-5-4-7-15(9-13)20-16-8-3-2-6-14(16)10-17/h2-9H,11H2,1H3. The monoisotopic (exact) mass is 267 g/mol. The molecular formula is C16H13NO3. The average molecular weight is 267 g/mol. The number of nitriles is 1. The molecule has 2 rings (SSSR count). The van der Waals surface area contributed by atoms with Gasteiger partial charge in [0.25, 0.3) is 0 Å². The summed E-state index contributed by atoms with van der Waals surface area (Å²) in [5, 5.41) is 9.01. The first-order chi connectivity index (χ1) is 9.69. The topological polar surface area (TPSA) is 59.3 Å². The zero-order valence-electron chi connectivity index (χ0n) is 11.0. The largest absolute Gasteiger partial charge is 0.461 e. The number of benzene rings is 2. The summed E-state index contributed by atoms with van der Waals surface area (Å²) in [6, 6.07) is 16.3. The second-order valence-electron chi connectivity index (χ2n) is 4.14. The van der Waals surface area contributed by atoms with Crippen molar-refractivity contribution >= 4 is 5.97 Å². The molecule has 0 aliphatic carbocycles. The normalized spacial score (nSPS) is 9.60. The Morgan fingerprint density at radius 2 is 2.00 bits per heavy atom. The van der Waals surface area contributed by atoms with Gasteiger partial charge in [0.15, 0.2) is 0 Å². The molecule has 0 aliphatic heterocycles. The second kappa shape index (κ2) is 6.39. The van der Waals surface area contributed by atoms with E-state index in [0.717, 1.165) is 5.56 Å². The summed E-state index contributed by atoms with van der Waals surface area (Å²) >= 11 is 0. The SMILES string of the molecule is CC(=O)OCc1cccc(Oc2ccccc2C#N)c1. The zero-order chi connectivity index (χ0) is 14.4. The van der Waals surface area contributed by atoms with E-state index in [9.17, 15) is 4.79 Å². The number of hydrogen-bond acceptors (Lipinski definition) is 4. The molecule has 100 valence electrons. The summed E-state index contributed by atoms with van der Waals surface area (Å²) < 4.78 is 10.6. The molecule has 4 nitrogen and oxygen atoms in total. The van der Waals surface area contributed by atoms with Crippen LogP contribution in [0.2, 0.25) is 0 Å². The summed E-state index contributed by atoms with van der Waals surface area (Å²) in [6.45, 7) is 1.57. The lowest BCUT2D eigenvalue weighted by Crippen LogP contribution is -1.98. The molecule has 0 N–H and O–H groups in total. The number of esters is 1. The van der Waals surface area contributed by atoms with Crippen LogP contribution in [0.15, 0.2) is 48.5 Å². The quantitative estimate of drug-likeness (QED) is 0.796. The number of rotatable bonds is 4.